The highest BCUT2D eigenvalue weighted by atomic mass is 79.9. The van der Waals surface area contributed by atoms with Gasteiger partial charge in [-0.1, -0.05) is 28.1 Å². The quantitative estimate of drug-likeness (QED) is 0.671. The molecule has 3 aromatic rings. The molecule has 0 radical (unpaired) electrons. The minimum atomic E-state index is 0.463. The molecule has 1 saturated heterocycles. The van der Waals surface area contributed by atoms with E-state index in [0.29, 0.717) is 6.04 Å². The van der Waals surface area contributed by atoms with Gasteiger partial charge in [-0.05, 0) is 30.5 Å². The van der Waals surface area contributed by atoms with Gasteiger partial charge in [0.2, 0.25) is 0 Å². The molecule has 136 valence electrons. The first-order valence-electron chi connectivity index (χ1n) is 8.94. The number of nitrogens with one attached hydrogen (secondary N) is 2. The molecule has 0 amide bonds. The fourth-order valence-corrected chi connectivity index (χ4v) is 3.68. The molecule has 0 bridgehead atoms. The molecule has 4 rings (SSSR count). The largest absolute Gasteiger partial charge is 0.367 e. The predicted molar refractivity (Wildman–Crippen MR) is 107 cm³/mol. The second kappa shape index (κ2) is 7.63. The highest BCUT2D eigenvalue weighted by Gasteiger charge is 2.20. The Hall–Kier alpha value is -2.12. The highest BCUT2D eigenvalue weighted by Crippen LogP contribution is 2.21. The third-order valence-electron chi connectivity index (χ3n) is 4.82. The summed E-state index contributed by atoms with van der Waals surface area (Å²) in [6, 6.07) is 8.72. The Bertz CT molecular complexity index is 853. The molecule has 1 aliphatic heterocycles. The van der Waals surface area contributed by atoms with Crippen LogP contribution in [0.5, 0.6) is 0 Å². The molecule has 1 aliphatic rings. The topological polar surface area (TPSA) is 61.8 Å². The molecule has 0 saturated carbocycles. The smallest absolute Gasteiger partial charge is 0.120 e. The summed E-state index contributed by atoms with van der Waals surface area (Å²) in [7, 11) is 1.96. The molecule has 2 N–H and O–H groups in total. The van der Waals surface area contributed by atoms with Crippen molar-refractivity contribution in [2.45, 2.75) is 25.4 Å². The summed E-state index contributed by atoms with van der Waals surface area (Å²) < 4.78 is 2.94. The van der Waals surface area contributed by atoms with E-state index in [1.807, 2.05) is 36.3 Å². The summed E-state index contributed by atoms with van der Waals surface area (Å²) in [5, 5.41) is 7.93. The second-order valence-electron chi connectivity index (χ2n) is 6.79. The van der Waals surface area contributed by atoms with Crippen LogP contribution in [0.25, 0.3) is 11.3 Å². The minimum absolute atomic E-state index is 0.463. The number of benzene rings is 1. The van der Waals surface area contributed by atoms with Crippen molar-refractivity contribution >= 4 is 21.6 Å². The Balaban J connectivity index is 1.34. The number of halogens is 1. The Morgan fingerprint density at radius 2 is 2.12 bits per heavy atom. The van der Waals surface area contributed by atoms with Gasteiger partial charge in [0.1, 0.15) is 5.82 Å². The van der Waals surface area contributed by atoms with Crippen LogP contribution >= 0.6 is 15.9 Å². The lowest BCUT2D eigenvalue weighted by atomic mass is 10.1. The lowest BCUT2D eigenvalue weighted by Crippen LogP contribution is -2.45. The number of rotatable bonds is 5. The third kappa shape index (κ3) is 3.99. The molecule has 1 aromatic carbocycles. The van der Waals surface area contributed by atoms with Crippen LogP contribution in [0.2, 0.25) is 0 Å². The lowest BCUT2D eigenvalue weighted by molar-refractivity contribution is 0.418. The molecule has 6 nitrogen and oxygen atoms in total. The number of piperidine rings is 1. The summed E-state index contributed by atoms with van der Waals surface area (Å²) in [6.45, 7) is 2.85. The van der Waals surface area contributed by atoms with Crippen LogP contribution < -0.4 is 10.2 Å². The van der Waals surface area contributed by atoms with Gasteiger partial charge in [0.25, 0.3) is 0 Å². The van der Waals surface area contributed by atoms with E-state index in [1.165, 1.54) is 18.5 Å². The number of aromatic amines is 1. The first kappa shape index (κ1) is 17.3. The molecule has 3 heterocycles. The molecular weight excluding hydrogens is 392 g/mol. The van der Waals surface area contributed by atoms with Gasteiger partial charge in [0, 0.05) is 36.8 Å². The molecule has 0 aliphatic carbocycles. The van der Waals surface area contributed by atoms with Gasteiger partial charge in [-0.15, -0.1) is 0 Å². The van der Waals surface area contributed by atoms with Crippen molar-refractivity contribution in [2.75, 3.05) is 18.0 Å². The van der Waals surface area contributed by atoms with Crippen LogP contribution in [0.15, 0.2) is 47.3 Å². The maximum absolute atomic E-state index is 4.52. The van der Waals surface area contributed by atoms with Crippen molar-refractivity contribution in [3.8, 4) is 11.3 Å². The lowest BCUT2D eigenvalue weighted by Gasteiger charge is -2.33. The first-order valence-corrected chi connectivity index (χ1v) is 9.73. The van der Waals surface area contributed by atoms with E-state index < -0.39 is 0 Å². The van der Waals surface area contributed by atoms with Gasteiger partial charge >= 0.3 is 0 Å². The van der Waals surface area contributed by atoms with Crippen LogP contribution in [0, 0.1) is 0 Å². The number of H-pyrrole nitrogens is 1. The fourth-order valence-electron chi connectivity index (χ4n) is 3.42. The van der Waals surface area contributed by atoms with Crippen molar-refractivity contribution in [3.63, 3.8) is 0 Å². The summed E-state index contributed by atoms with van der Waals surface area (Å²) in [5.74, 6) is 0.974. The number of aromatic nitrogens is 4. The average Bonchev–Trinajstić information content (AvgIpc) is 3.30. The van der Waals surface area contributed by atoms with Crippen molar-refractivity contribution in [2.24, 2.45) is 7.05 Å². The van der Waals surface area contributed by atoms with Crippen LogP contribution in [0.3, 0.4) is 0 Å². The molecular formula is C19H23BrN6. The summed E-state index contributed by atoms with van der Waals surface area (Å²) in [6.07, 6.45) is 8.31. The zero-order valence-corrected chi connectivity index (χ0v) is 16.4. The van der Waals surface area contributed by atoms with Crippen LogP contribution in [-0.2, 0) is 13.6 Å². The van der Waals surface area contributed by atoms with E-state index >= 15 is 0 Å². The van der Waals surface area contributed by atoms with E-state index in [1.54, 1.807) is 0 Å². The van der Waals surface area contributed by atoms with Crippen molar-refractivity contribution in [3.05, 3.63) is 53.2 Å². The summed E-state index contributed by atoms with van der Waals surface area (Å²) in [4.78, 5) is 10.3. The number of nitrogens with zero attached hydrogens (tertiary/aromatic N) is 4. The fraction of sp³-hybridized carbons (Fsp3) is 0.368. The molecule has 1 fully saturated rings. The molecule has 1 atom stereocenters. The van der Waals surface area contributed by atoms with Gasteiger partial charge in [-0.3, -0.25) is 4.68 Å². The van der Waals surface area contributed by atoms with Gasteiger partial charge in [-0.25, -0.2) is 4.98 Å². The Kier molecular flexibility index (Phi) is 5.08. The molecule has 1 unspecified atom stereocenters. The second-order valence-corrected chi connectivity index (χ2v) is 7.70. The number of imidazole rings is 1. The number of aryl methyl sites for hydroxylation is 1. The minimum Gasteiger partial charge on any atom is -0.367 e. The van der Waals surface area contributed by atoms with Crippen molar-refractivity contribution in [1.29, 1.82) is 0 Å². The maximum Gasteiger partial charge on any atom is 0.120 e. The first-order chi connectivity index (χ1) is 12.7. The molecule has 2 aromatic heterocycles. The Morgan fingerprint density at radius 1 is 1.27 bits per heavy atom. The maximum atomic E-state index is 4.52. The standard InChI is InChI=1S/C19H23BrN6/c1-25-13-17(9-23-25)26-8-2-3-16(12-26)21-11-19-22-10-18(24-19)14-4-6-15(20)7-5-14/h4-7,9-10,13,16,21H,2-3,8,11-12H2,1H3,(H,22,24). The van der Waals surface area contributed by atoms with Crippen LogP contribution in [-0.4, -0.2) is 38.9 Å². The van der Waals surface area contributed by atoms with Gasteiger partial charge in [0.15, 0.2) is 0 Å². The van der Waals surface area contributed by atoms with E-state index in [2.05, 4.69) is 59.5 Å². The normalized spacial score (nSPS) is 17.6. The van der Waals surface area contributed by atoms with Gasteiger partial charge in [-0.2, -0.15) is 5.10 Å². The number of hydrogen-bond acceptors (Lipinski definition) is 4. The zero-order valence-electron chi connectivity index (χ0n) is 14.8. The SMILES string of the molecule is Cn1cc(N2CCCC(NCc3ncc(-c4ccc(Br)cc4)[nH]3)C2)cn1. The van der Waals surface area contributed by atoms with Crippen molar-refractivity contribution in [1.82, 2.24) is 25.1 Å². The number of hydrogen-bond donors (Lipinski definition) is 2. The van der Waals surface area contributed by atoms with Crippen LogP contribution in [0.4, 0.5) is 5.69 Å². The zero-order chi connectivity index (χ0) is 17.9. The van der Waals surface area contributed by atoms with E-state index in [4.69, 9.17) is 0 Å². The highest BCUT2D eigenvalue weighted by molar-refractivity contribution is 9.10. The third-order valence-corrected chi connectivity index (χ3v) is 5.35. The Labute approximate surface area is 161 Å². The Morgan fingerprint density at radius 3 is 2.88 bits per heavy atom. The molecule has 26 heavy (non-hydrogen) atoms. The monoisotopic (exact) mass is 414 g/mol. The average molecular weight is 415 g/mol. The number of anilines is 1. The summed E-state index contributed by atoms with van der Waals surface area (Å²) >= 11 is 3.47. The molecule has 0 spiro atoms. The van der Waals surface area contributed by atoms with E-state index in [-0.39, 0.29) is 0 Å². The van der Waals surface area contributed by atoms with E-state index in [0.717, 1.165) is 41.2 Å². The molecule has 7 heteroatoms. The van der Waals surface area contributed by atoms with Crippen LogP contribution in [0.1, 0.15) is 18.7 Å². The van der Waals surface area contributed by atoms with Gasteiger partial charge in [0.05, 0.1) is 30.3 Å². The predicted octanol–water partition coefficient (Wildman–Crippen LogP) is 3.33. The van der Waals surface area contributed by atoms with E-state index in [9.17, 15) is 0 Å². The van der Waals surface area contributed by atoms with Crippen molar-refractivity contribution < 1.29 is 0 Å². The van der Waals surface area contributed by atoms with Gasteiger partial charge < -0.3 is 15.2 Å². The summed E-state index contributed by atoms with van der Waals surface area (Å²) in [5.41, 5.74) is 3.40.